The first-order valence-electron chi connectivity index (χ1n) is 7.62. The average molecular weight is 375 g/mol. The molecule has 1 heterocycles. The van der Waals surface area contributed by atoms with Crippen molar-refractivity contribution >= 4 is 5.90 Å². The third kappa shape index (κ3) is 5.43. The fourth-order valence-electron chi connectivity index (χ4n) is 2.04. The topological polar surface area (TPSA) is 70.7 Å². The van der Waals surface area contributed by atoms with Gasteiger partial charge in [0.25, 0.3) is 0 Å². The lowest BCUT2D eigenvalue weighted by atomic mass is 10.2. The Morgan fingerprint density at radius 3 is 2.07 bits per heavy atom. The van der Waals surface area contributed by atoms with Gasteiger partial charge in [-0.15, -0.1) is 13.2 Å². The Bertz CT molecular complexity index is 913. The summed E-state index contributed by atoms with van der Waals surface area (Å²) < 4.78 is 45.7. The van der Waals surface area contributed by atoms with Gasteiger partial charge in [-0.3, -0.25) is 0 Å². The molecule has 0 atom stereocenters. The highest BCUT2D eigenvalue weighted by atomic mass is 19.4. The zero-order chi connectivity index (χ0) is 19.3. The molecule has 138 valence electrons. The lowest BCUT2D eigenvalue weighted by molar-refractivity contribution is -0.739. The van der Waals surface area contributed by atoms with Crippen molar-refractivity contribution in [2.24, 2.45) is 5.10 Å². The van der Waals surface area contributed by atoms with E-state index in [1.54, 1.807) is 24.3 Å². The molecule has 0 fully saturated rings. The summed E-state index contributed by atoms with van der Waals surface area (Å²) in [5.41, 5.74) is 0.328. The Balaban J connectivity index is 1.66. The first kappa shape index (κ1) is 18.2. The van der Waals surface area contributed by atoms with Crippen LogP contribution in [-0.2, 0) is 0 Å². The maximum absolute atomic E-state index is 12.1. The molecule has 0 aliphatic heterocycles. The van der Waals surface area contributed by atoms with E-state index in [1.165, 1.54) is 36.7 Å². The van der Waals surface area contributed by atoms with Crippen LogP contribution in [0, 0.1) is 0 Å². The molecule has 2 aromatic carbocycles. The molecule has 0 aliphatic rings. The second-order valence-corrected chi connectivity index (χ2v) is 5.17. The van der Waals surface area contributed by atoms with Gasteiger partial charge < -0.3 is 14.6 Å². The van der Waals surface area contributed by atoms with E-state index in [0.29, 0.717) is 17.1 Å². The number of halogens is 3. The number of nitrogens with zero attached hydrogens (tertiary/aromatic N) is 3. The quantitative estimate of drug-likeness (QED) is 0.391. The standard InChI is InChI=1S/C18H12F3N3O3/c19-18(20,21)27-16-9-7-15(8-10-16)26-14-5-3-13(4-6-14)17(25)23-24-12-2-1-11-22-24/h1-12H. The molecule has 0 saturated carbocycles. The summed E-state index contributed by atoms with van der Waals surface area (Å²) in [5.74, 6) is -0.109. The van der Waals surface area contributed by atoms with Crippen molar-refractivity contribution in [2.45, 2.75) is 6.36 Å². The van der Waals surface area contributed by atoms with Gasteiger partial charge in [0.15, 0.2) is 0 Å². The number of hydrogen-bond donors (Lipinski definition) is 0. The zero-order valence-electron chi connectivity index (χ0n) is 13.6. The van der Waals surface area contributed by atoms with Gasteiger partial charge in [-0.05, 0) is 48.0 Å². The molecule has 0 radical (unpaired) electrons. The maximum atomic E-state index is 12.1. The van der Waals surface area contributed by atoms with Crippen LogP contribution in [0.25, 0.3) is 0 Å². The van der Waals surface area contributed by atoms with E-state index < -0.39 is 12.3 Å². The van der Waals surface area contributed by atoms with Crippen molar-refractivity contribution < 1.29 is 32.5 Å². The minimum absolute atomic E-state index is 0.317. The van der Waals surface area contributed by atoms with Crippen LogP contribution in [0.2, 0.25) is 0 Å². The number of hydrogen-bond acceptors (Lipinski definition) is 5. The molecule has 9 heteroatoms. The summed E-state index contributed by atoms with van der Waals surface area (Å²) in [4.78, 5) is 1.15. The fourth-order valence-corrected chi connectivity index (χ4v) is 2.04. The van der Waals surface area contributed by atoms with Gasteiger partial charge in [-0.2, -0.15) is 0 Å². The number of aromatic nitrogens is 2. The Labute approximate surface area is 151 Å². The summed E-state index contributed by atoms with van der Waals surface area (Å²) in [6, 6.07) is 14.5. The molecule has 0 spiro atoms. The van der Waals surface area contributed by atoms with E-state index in [0.717, 1.165) is 16.9 Å². The van der Waals surface area contributed by atoms with Crippen LogP contribution < -0.4 is 19.4 Å². The summed E-state index contributed by atoms with van der Waals surface area (Å²) in [6.45, 7) is 0. The van der Waals surface area contributed by atoms with Crippen molar-refractivity contribution in [1.82, 2.24) is 5.10 Å². The Morgan fingerprint density at radius 2 is 1.52 bits per heavy atom. The molecular weight excluding hydrogens is 363 g/mol. The summed E-state index contributed by atoms with van der Waals surface area (Å²) >= 11 is 0. The van der Waals surface area contributed by atoms with Crippen LogP contribution in [0.1, 0.15) is 5.56 Å². The van der Waals surface area contributed by atoms with E-state index in [4.69, 9.17) is 4.74 Å². The van der Waals surface area contributed by atoms with Crippen molar-refractivity contribution in [1.29, 1.82) is 0 Å². The zero-order valence-corrected chi connectivity index (χ0v) is 13.6. The van der Waals surface area contributed by atoms with Crippen molar-refractivity contribution in [3.63, 3.8) is 0 Å². The maximum Gasteiger partial charge on any atom is 0.573 e. The first-order valence-corrected chi connectivity index (χ1v) is 7.62. The molecule has 0 aliphatic carbocycles. The predicted octanol–water partition coefficient (Wildman–Crippen LogP) is 2.63. The second kappa shape index (κ2) is 7.73. The lowest BCUT2D eigenvalue weighted by Gasteiger charge is -2.11. The number of benzene rings is 2. The molecule has 0 bridgehead atoms. The highest BCUT2D eigenvalue weighted by molar-refractivity contribution is 5.90. The SMILES string of the molecule is [O-]/C(=N\[n+]1ccccn1)c1ccc(Oc2ccc(OC(F)(F)F)cc2)cc1. The van der Waals surface area contributed by atoms with E-state index in [-0.39, 0.29) is 5.75 Å². The number of alkyl halides is 3. The minimum atomic E-state index is -4.75. The molecule has 1 aromatic heterocycles. The molecule has 27 heavy (non-hydrogen) atoms. The van der Waals surface area contributed by atoms with Crippen molar-refractivity contribution in [3.8, 4) is 17.2 Å². The summed E-state index contributed by atoms with van der Waals surface area (Å²) in [7, 11) is 0. The highest BCUT2D eigenvalue weighted by Gasteiger charge is 2.30. The van der Waals surface area contributed by atoms with E-state index in [2.05, 4.69) is 14.9 Å². The number of rotatable bonds is 5. The minimum Gasteiger partial charge on any atom is -0.854 e. The average Bonchev–Trinajstić information content (AvgIpc) is 2.63. The fraction of sp³-hybridized carbons (Fsp3) is 0.0556. The summed E-state index contributed by atoms with van der Waals surface area (Å²) in [5, 5.41) is 19.7. The Kier molecular flexibility index (Phi) is 5.20. The van der Waals surface area contributed by atoms with E-state index >= 15 is 0 Å². The number of ether oxygens (including phenoxy) is 2. The van der Waals surface area contributed by atoms with E-state index in [9.17, 15) is 18.3 Å². The molecule has 0 unspecified atom stereocenters. The molecular formula is C18H12F3N3O3. The van der Waals surface area contributed by atoms with E-state index in [1.807, 2.05) is 0 Å². The molecule has 6 nitrogen and oxygen atoms in total. The molecule has 0 N–H and O–H groups in total. The molecule has 0 saturated heterocycles. The third-order valence-corrected chi connectivity index (χ3v) is 3.19. The third-order valence-electron chi connectivity index (χ3n) is 3.19. The van der Waals surface area contributed by atoms with Gasteiger partial charge in [-0.1, -0.05) is 12.1 Å². The van der Waals surface area contributed by atoms with Crippen LogP contribution in [-0.4, -0.2) is 17.4 Å². The predicted molar refractivity (Wildman–Crippen MR) is 86.0 cm³/mol. The molecule has 0 amide bonds. The monoisotopic (exact) mass is 375 g/mol. The van der Waals surface area contributed by atoms with Gasteiger partial charge in [-0.25, -0.2) is 0 Å². The van der Waals surface area contributed by atoms with Crippen LogP contribution in [0.5, 0.6) is 17.2 Å². The first-order chi connectivity index (χ1) is 12.9. The van der Waals surface area contributed by atoms with Gasteiger partial charge >= 0.3 is 6.36 Å². The lowest BCUT2D eigenvalue weighted by Crippen LogP contribution is -2.36. The van der Waals surface area contributed by atoms with Crippen LogP contribution in [0.4, 0.5) is 13.2 Å². The van der Waals surface area contributed by atoms with Crippen molar-refractivity contribution in [3.05, 3.63) is 78.6 Å². The van der Waals surface area contributed by atoms with Gasteiger partial charge in [0, 0.05) is 16.3 Å². The largest absolute Gasteiger partial charge is 0.854 e. The summed E-state index contributed by atoms with van der Waals surface area (Å²) in [6.07, 6.45) is -1.72. The molecule has 3 rings (SSSR count). The highest BCUT2D eigenvalue weighted by Crippen LogP contribution is 2.27. The Morgan fingerprint density at radius 1 is 0.926 bits per heavy atom. The smallest absolute Gasteiger partial charge is 0.573 e. The molecule has 3 aromatic rings. The van der Waals surface area contributed by atoms with Crippen LogP contribution >= 0.6 is 0 Å². The Hall–Kier alpha value is -3.62. The van der Waals surface area contributed by atoms with Gasteiger partial charge in [0.2, 0.25) is 6.20 Å². The van der Waals surface area contributed by atoms with Crippen molar-refractivity contribution in [2.75, 3.05) is 0 Å². The second-order valence-electron chi connectivity index (χ2n) is 5.17. The normalized spacial score (nSPS) is 11.9. The van der Waals surface area contributed by atoms with Gasteiger partial charge in [0.05, 0.1) is 16.9 Å². The van der Waals surface area contributed by atoms with Gasteiger partial charge in [0.1, 0.15) is 17.2 Å². The van der Waals surface area contributed by atoms with Crippen LogP contribution in [0.15, 0.2) is 78.2 Å². The van der Waals surface area contributed by atoms with Crippen LogP contribution in [0.3, 0.4) is 0 Å².